The van der Waals surface area contributed by atoms with E-state index in [0.717, 1.165) is 43.5 Å². The summed E-state index contributed by atoms with van der Waals surface area (Å²) in [6.45, 7) is 2.87. The molecule has 2 aromatic heterocycles. The van der Waals surface area contributed by atoms with Gasteiger partial charge in [-0.15, -0.1) is 5.10 Å². The number of benzene rings is 2. The minimum absolute atomic E-state index is 0.0189. The summed E-state index contributed by atoms with van der Waals surface area (Å²) >= 11 is 0. The summed E-state index contributed by atoms with van der Waals surface area (Å²) in [5.41, 5.74) is 1.90. The smallest absolute Gasteiger partial charge is 0.416 e. The highest BCUT2D eigenvalue weighted by Crippen LogP contribution is 2.32. The third-order valence-corrected chi connectivity index (χ3v) is 5.66. The molecule has 0 aliphatic heterocycles. The number of unbranched alkanes of at least 4 members (excludes halogenated alkanes) is 1. The topological polar surface area (TPSA) is 52.8 Å². The number of nitrogens with zero attached hydrogens (tertiary/aromatic N) is 4. The predicted octanol–water partition coefficient (Wildman–Crippen LogP) is 6.41. The zero-order chi connectivity index (χ0) is 24.8. The number of halogens is 4. The Hall–Kier alpha value is -3.75. The largest absolute Gasteiger partial charge is 0.489 e. The molecular formula is C26H24F4N4O. The van der Waals surface area contributed by atoms with Gasteiger partial charge in [-0.05, 0) is 68.1 Å². The van der Waals surface area contributed by atoms with Gasteiger partial charge in [0.05, 0.1) is 17.5 Å². The lowest BCUT2D eigenvalue weighted by molar-refractivity contribution is -0.137. The molecule has 0 amide bonds. The van der Waals surface area contributed by atoms with Gasteiger partial charge >= 0.3 is 6.18 Å². The molecule has 0 unspecified atom stereocenters. The van der Waals surface area contributed by atoms with E-state index >= 15 is 0 Å². The summed E-state index contributed by atoms with van der Waals surface area (Å²) in [6, 6.07) is 13.7. The van der Waals surface area contributed by atoms with Crippen LogP contribution < -0.4 is 4.74 Å². The predicted molar refractivity (Wildman–Crippen MR) is 123 cm³/mol. The maximum atomic E-state index is 14.3. The number of pyridine rings is 1. The molecule has 2 aromatic carbocycles. The molecule has 9 heteroatoms. The van der Waals surface area contributed by atoms with Crippen LogP contribution in [0.4, 0.5) is 17.6 Å². The molecule has 0 bridgehead atoms. The minimum Gasteiger partial charge on any atom is -0.489 e. The summed E-state index contributed by atoms with van der Waals surface area (Å²) in [5, 5.41) is 7.74. The molecule has 0 radical (unpaired) electrons. The van der Waals surface area contributed by atoms with Gasteiger partial charge in [0, 0.05) is 29.6 Å². The van der Waals surface area contributed by atoms with Crippen LogP contribution in [0.1, 0.15) is 35.2 Å². The Morgan fingerprint density at radius 1 is 0.971 bits per heavy atom. The summed E-state index contributed by atoms with van der Waals surface area (Å²) in [6.07, 6.45) is 1.94. The fourth-order valence-corrected chi connectivity index (χ4v) is 3.66. The van der Waals surface area contributed by atoms with Gasteiger partial charge in [0.2, 0.25) is 0 Å². The molecule has 0 aliphatic carbocycles. The van der Waals surface area contributed by atoms with E-state index in [0.29, 0.717) is 17.5 Å². The maximum Gasteiger partial charge on any atom is 0.416 e. The van der Waals surface area contributed by atoms with E-state index in [4.69, 9.17) is 4.74 Å². The van der Waals surface area contributed by atoms with Crippen LogP contribution in [0.3, 0.4) is 0 Å². The Bertz CT molecular complexity index is 1260. The standard InChI is InChI=1S/C26H24F4N4O/c1-18-20(7-12-25(32-18)23-11-8-21(16-24(23)27)26(28,29)30)17-35-22-9-5-19(6-10-22)4-2-3-14-34-15-13-31-33-34/h5-13,15-16H,2-4,14,17H2,1H3. The molecule has 0 fully saturated rings. The Kier molecular flexibility index (Phi) is 7.43. The number of hydrogen-bond donors (Lipinski definition) is 0. The number of rotatable bonds is 9. The van der Waals surface area contributed by atoms with E-state index < -0.39 is 17.6 Å². The zero-order valence-electron chi connectivity index (χ0n) is 19.1. The summed E-state index contributed by atoms with van der Waals surface area (Å²) in [7, 11) is 0. The average Bonchev–Trinajstić information content (AvgIpc) is 3.35. The quantitative estimate of drug-likeness (QED) is 0.204. The van der Waals surface area contributed by atoms with Crippen LogP contribution >= 0.6 is 0 Å². The van der Waals surface area contributed by atoms with Crippen LogP contribution in [0.5, 0.6) is 5.75 Å². The molecule has 0 N–H and O–H groups in total. The first-order valence-corrected chi connectivity index (χ1v) is 11.2. The number of aryl methyl sites for hydroxylation is 3. The van der Waals surface area contributed by atoms with E-state index in [1.165, 1.54) is 5.56 Å². The van der Waals surface area contributed by atoms with Gasteiger partial charge < -0.3 is 4.74 Å². The van der Waals surface area contributed by atoms with Crippen molar-refractivity contribution in [3.8, 4) is 17.0 Å². The highest BCUT2D eigenvalue weighted by atomic mass is 19.4. The first-order valence-electron chi connectivity index (χ1n) is 11.2. The van der Waals surface area contributed by atoms with Crippen molar-refractivity contribution in [3.05, 3.63) is 95.2 Å². The zero-order valence-corrected chi connectivity index (χ0v) is 19.1. The maximum absolute atomic E-state index is 14.3. The normalized spacial score (nSPS) is 11.6. The molecular weight excluding hydrogens is 460 g/mol. The molecule has 2 heterocycles. The Morgan fingerprint density at radius 2 is 1.77 bits per heavy atom. The van der Waals surface area contributed by atoms with Crippen molar-refractivity contribution >= 4 is 0 Å². The van der Waals surface area contributed by atoms with Gasteiger partial charge in [0.15, 0.2) is 0 Å². The van der Waals surface area contributed by atoms with E-state index in [1.54, 1.807) is 25.3 Å². The lowest BCUT2D eigenvalue weighted by Crippen LogP contribution is -2.06. The SMILES string of the molecule is Cc1nc(-c2ccc(C(F)(F)F)cc2F)ccc1COc1ccc(CCCCn2ccnn2)cc1. The second-order valence-electron chi connectivity index (χ2n) is 8.19. The van der Waals surface area contributed by atoms with Crippen molar-refractivity contribution in [3.63, 3.8) is 0 Å². The van der Waals surface area contributed by atoms with E-state index in [2.05, 4.69) is 15.3 Å². The Labute approximate surface area is 200 Å². The van der Waals surface area contributed by atoms with Crippen LogP contribution in [0.2, 0.25) is 0 Å². The fraction of sp³-hybridized carbons (Fsp3) is 0.269. The van der Waals surface area contributed by atoms with Crippen LogP contribution in [0.15, 0.2) is 67.0 Å². The molecule has 0 aliphatic rings. The second kappa shape index (κ2) is 10.7. The molecule has 182 valence electrons. The van der Waals surface area contributed by atoms with Crippen molar-refractivity contribution in [1.82, 2.24) is 20.0 Å². The first-order chi connectivity index (χ1) is 16.8. The minimum atomic E-state index is -4.60. The van der Waals surface area contributed by atoms with Crippen molar-refractivity contribution in [1.29, 1.82) is 0 Å². The molecule has 0 saturated heterocycles. The highest BCUT2D eigenvalue weighted by molar-refractivity contribution is 5.61. The van der Waals surface area contributed by atoms with E-state index in [9.17, 15) is 17.6 Å². The number of alkyl halides is 3. The van der Waals surface area contributed by atoms with Crippen molar-refractivity contribution in [2.45, 2.75) is 45.5 Å². The summed E-state index contributed by atoms with van der Waals surface area (Å²) in [4.78, 5) is 4.37. The highest BCUT2D eigenvalue weighted by Gasteiger charge is 2.31. The molecule has 0 atom stereocenters. The average molecular weight is 484 g/mol. The third kappa shape index (κ3) is 6.44. The molecule has 35 heavy (non-hydrogen) atoms. The monoisotopic (exact) mass is 484 g/mol. The van der Waals surface area contributed by atoms with Gasteiger partial charge in [-0.3, -0.25) is 9.67 Å². The van der Waals surface area contributed by atoms with Gasteiger partial charge in [-0.2, -0.15) is 13.2 Å². The van der Waals surface area contributed by atoms with Crippen LogP contribution in [0, 0.1) is 12.7 Å². The van der Waals surface area contributed by atoms with Gasteiger partial charge in [-0.25, -0.2) is 4.39 Å². The van der Waals surface area contributed by atoms with Crippen molar-refractivity contribution in [2.24, 2.45) is 0 Å². The Balaban J connectivity index is 1.31. The van der Waals surface area contributed by atoms with Crippen LogP contribution in [-0.2, 0) is 25.7 Å². The van der Waals surface area contributed by atoms with E-state index in [1.807, 2.05) is 35.1 Å². The fourth-order valence-electron chi connectivity index (χ4n) is 3.66. The first kappa shape index (κ1) is 24.4. The summed E-state index contributed by atoms with van der Waals surface area (Å²) in [5.74, 6) is -0.247. The van der Waals surface area contributed by atoms with Crippen molar-refractivity contribution in [2.75, 3.05) is 0 Å². The third-order valence-electron chi connectivity index (χ3n) is 5.66. The number of ether oxygens (including phenoxy) is 1. The van der Waals surface area contributed by atoms with Gasteiger partial charge in [-0.1, -0.05) is 23.4 Å². The van der Waals surface area contributed by atoms with Crippen LogP contribution in [0.25, 0.3) is 11.3 Å². The molecule has 5 nitrogen and oxygen atoms in total. The summed E-state index contributed by atoms with van der Waals surface area (Å²) < 4.78 is 60.3. The second-order valence-corrected chi connectivity index (χ2v) is 8.19. The molecule has 4 rings (SSSR count). The number of aromatic nitrogens is 4. The lowest BCUT2D eigenvalue weighted by Gasteiger charge is -2.12. The van der Waals surface area contributed by atoms with Gasteiger partial charge in [0.1, 0.15) is 18.2 Å². The Morgan fingerprint density at radius 3 is 2.43 bits per heavy atom. The molecule has 0 spiro atoms. The number of hydrogen-bond acceptors (Lipinski definition) is 4. The van der Waals surface area contributed by atoms with Gasteiger partial charge in [0.25, 0.3) is 0 Å². The molecule has 0 saturated carbocycles. The van der Waals surface area contributed by atoms with Crippen LogP contribution in [-0.4, -0.2) is 20.0 Å². The molecule has 4 aromatic rings. The van der Waals surface area contributed by atoms with Crippen molar-refractivity contribution < 1.29 is 22.3 Å². The lowest BCUT2D eigenvalue weighted by atomic mass is 10.1. The van der Waals surface area contributed by atoms with E-state index in [-0.39, 0.29) is 17.9 Å².